The van der Waals surface area contributed by atoms with Crippen LogP contribution in [-0.4, -0.2) is 16.1 Å². The van der Waals surface area contributed by atoms with E-state index >= 15 is 0 Å². The van der Waals surface area contributed by atoms with Crippen molar-refractivity contribution < 1.29 is 23.1 Å². The van der Waals surface area contributed by atoms with Crippen molar-refractivity contribution in [3.63, 3.8) is 0 Å². The smallest absolute Gasteiger partial charge is 0.308 e. The van der Waals surface area contributed by atoms with Gasteiger partial charge in [-0.1, -0.05) is 15.9 Å². The van der Waals surface area contributed by atoms with Crippen LogP contribution in [0.2, 0.25) is 0 Å². The van der Waals surface area contributed by atoms with Gasteiger partial charge in [-0.2, -0.15) is 4.39 Å². The third-order valence-corrected chi connectivity index (χ3v) is 2.49. The molecule has 1 N–H and O–H groups in total. The predicted molar refractivity (Wildman–Crippen MR) is 53.1 cm³/mol. The maximum Gasteiger partial charge on any atom is 0.308 e. The Bertz CT molecular complexity index is 412. The number of alkyl halides is 3. The van der Waals surface area contributed by atoms with Crippen molar-refractivity contribution >= 4 is 21.9 Å². The van der Waals surface area contributed by atoms with Crippen LogP contribution in [0.4, 0.5) is 13.2 Å². The Balaban J connectivity index is 3.22. The van der Waals surface area contributed by atoms with Gasteiger partial charge in [0.05, 0.1) is 6.42 Å². The number of carboxylic acids is 1. The lowest BCUT2D eigenvalue weighted by Crippen LogP contribution is -2.09. The van der Waals surface area contributed by atoms with Crippen molar-refractivity contribution in [3.8, 4) is 0 Å². The van der Waals surface area contributed by atoms with Gasteiger partial charge in [0.1, 0.15) is 5.69 Å². The first kappa shape index (κ1) is 13.0. The number of halogens is 4. The van der Waals surface area contributed by atoms with Crippen molar-refractivity contribution in [3.05, 3.63) is 28.8 Å². The molecule has 0 radical (unpaired) electrons. The number of hydrogen-bond acceptors (Lipinski definition) is 2. The Morgan fingerprint density at radius 1 is 1.56 bits per heavy atom. The van der Waals surface area contributed by atoms with Crippen LogP contribution in [0.15, 0.2) is 6.07 Å². The van der Waals surface area contributed by atoms with Gasteiger partial charge in [-0.3, -0.25) is 4.79 Å². The van der Waals surface area contributed by atoms with E-state index in [1.807, 2.05) is 0 Å². The van der Waals surface area contributed by atoms with E-state index < -0.39 is 30.5 Å². The van der Waals surface area contributed by atoms with Crippen LogP contribution in [0.1, 0.15) is 23.2 Å². The zero-order valence-corrected chi connectivity index (χ0v) is 9.47. The molecule has 0 aliphatic carbocycles. The van der Waals surface area contributed by atoms with Gasteiger partial charge in [-0.05, 0) is 11.6 Å². The fraction of sp³-hybridized carbons (Fsp3) is 0.333. The predicted octanol–water partition coefficient (Wildman–Crippen LogP) is 2.68. The zero-order valence-electron chi connectivity index (χ0n) is 7.88. The van der Waals surface area contributed by atoms with Gasteiger partial charge in [0, 0.05) is 10.9 Å². The molecule has 0 amide bonds. The summed E-state index contributed by atoms with van der Waals surface area (Å²) in [7, 11) is 0. The first-order chi connectivity index (χ1) is 7.45. The maximum absolute atomic E-state index is 13.3. The summed E-state index contributed by atoms with van der Waals surface area (Å²) in [5.41, 5.74) is -0.694. The van der Waals surface area contributed by atoms with E-state index in [2.05, 4.69) is 20.9 Å². The lowest BCUT2D eigenvalue weighted by atomic mass is 10.1. The molecule has 16 heavy (non-hydrogen) atoms. The standard InChI is InChI=1S/C9H7BrF3NO2/c10-3-4-1-6(8(11)12)14-9(13)5(4)2-7(15)16/h1,8H,2-3H2,(H,15,16). The van der Waals surface area contributed by atoms with Crippen LogP contribution in [-0.2, 0) is 16.5 Å². The summed E-state index contributed by atoms with van der Waals surface area (Å²) in [6, 6.07) is 1.00. The molecule has 0 saturated carbocycles. The van der Waals surface area contributed by atoms with Crippen LogP contribution in [0.25, 0.3) is 0 Å². The molecule has 0 aliphatic rings. The van der Waals surface area contributed by atoms with Crippen molar-refractivity contribution in [1.82, 2.24) is 4.98 Å². The summed E-state index contributed by atoms with van der Waals surface area (Å²) in [4.78, 5) is 13.5. The number of aliphatic carboxylic acids is 1. The molecule has 0 bridgehead atoms. The Morgan fingerprint density at radius 2 is 2.19 bits per heavy atom. The first-order valence-electron chi connectivity index (χ1n) is 4.19. The van der Waals surface area contributed by atoms with Crippen LogP contribution in [0.3, 0.4) is 0 Å². The van der Waals surface area contributed by atoms with Crippen LogP contribution in [0.5, 0.6) is 0 Å². The van der Waals surface area contributed by atoms with E-state index in [0.29, 0.717) is 0 Å². The highest BCUT2D eigenvalue weighted by atomic mass is 79.9. The van der Waals surface area contributed by atoms with Gasteiger partial charge < -0.3 is 5.11 Å². The highest BCUT2D eigenvalue weighted by Crippen LogP contribution is 2.23. The van der Waals surface area contributed by atoms with E-state index in [1.165, 1.54) is 0 Å². The minimum atomic E-state index is -2.88. The molecule has 0 fully saturated rings. The molecule has 0 spiro atoms. The number of carboxylic acid groups (broad SMARTS) is 1. The molecule has 88 valence electrons. The van der Waals surface area contributed by atoms with E-state index in [4.69, 9.17) is 5.11 Å². The van der Waals surface area contributed by atoms with Gasteiger partial charge in [0.2, 0.25) is 5.95 Å². The Labute approximate surface area is 97.4 Å². The monoisotopic (exact) mass is 297 g/mol. The van der Waals surface area contributed by atoms with Gasteiger partial charge in [0.25, 0.3) is 6.43 Å². The molecule has 0 saturated heterocycles. The second-order valence-corrected chi connectivity index (χ2v) is 3.54. The van der Waals surface area contributed by atoms with Crippen molar-refractivity contribution in [2.24, 2.45) is 0 Å². The third kappa shape index (κ3) is 2.94. The van der Waals surface area contributed by atoms with Crippen molar-refractivity contribution in [2.75, 3.05) is 0 Å². The normalized spacial score (nSPS) is 10.8. The number of aromatic nitrogens is 1. The molecule has 1 rings (SSSR count). The van der Waals surface area contributed by atoms with Crippen LogP contribution in [0, 0.1) is 5.95 Å². The number of rotatable bonds is 4. The quantitative estimate of drug-likeness (QED) is 0.687. The van der Waals surface area contributed by atoms with E-state index in [9.17, 15) is 18.0 Å². The summed E-state index contributed by atoms with van der Waals surface area (Å²) < 4.78 is 37.9. The van der Waals surface area contributed by atoms with Crippen LogP contribution < -0.4 is 0 Å². The average Bonchev–Trinajstić information content (AvgIpc) is 2.19. The van der Waals surface area contributed by atoms with Gasteiger partial charge >= 0.3 is 5.97 Å². The number of pyridine rings is 1. The second kappa shape index (κ2) is 5.29. The summed E-state index contributed by atoms with van der Waals surface area (Å²) in [6.45, 7) is 0. The zero-order chi connectivity index (χ0) is 12.3. The molecule has 1 aromatic rings. The number of nitrogens with zero attached hydrogens (tertiary/aromatic N) is 1. The van der Waals surface area contributed by atoms with Gasteiger partial charge in [0.15, 0.2) is 0 Å². The lowest BCUT2D eigenvalue weighted by Gasteiger charge is -2.08. The van der Waals surface area contributed by atoms with E-state index in [1.54, 1.807) is 0 Å². The molecular formula is C9H7BrF3NO2. The minimum absolute atomic E-state index is 0.0920. The average molecular weight is 298 g/mol. The third-order valence-electron chi connectivity index (χ3n) is 1.88. The summed E-state index contributed by atoms with van der Waals surface area (Å²) >= 11 is 2.98. The van der Waals surface area contributed by atoms with E-state index in [-0.39, 0.29) is 16.5 Å². The van der Waals surface area contributed by atoms with Crippen molar-refractivity contribution in [2.45, 2.75) is 18.2 Å². The maximum atomic E-state index is 13.3. The molecule has 0 unspecified atom stereocenters. The summed E-state index contributed by atoms with van der Waals surface area (Å²) in [6.07, 6.45) is -3.46. The molecule has 1 heterocycles. The summed E-state index contributed by atoms with van der Waals surface area (Å²) in [5.74, 6) is -2.40. The highest BCUT2D eigenvalue weighted by Gasteiger charge is 2.18. The molecule has 1 aromatic heterocycles. The van der Waals surface area contributed by atoms with Gasteiger partial charge in [-0.15, -0.1) is 0 Å². The molecule has 0 atom stereocenters. The first-order valence-corrected chi connectivity index (χ1v) is 5.32. The Morgan fingerprint density at radius 3 is 2.62 bits per heavy atom. The minimum Gasteiger partial charge on any atom is -0.481 e. The van der Waals surface area contributed by atoms with E-state index in [0.717, 1.165) is 6.07 Å². The topological polar surface area (TPSA) is 50.2 Å². The van der Waals surface area contributed by atoms with Gasteiger partial charge in [-0.25, -0.2) is 13.8 Å². The Hall–Kier alpha value is -1.11. The fourth-order valence-corrected chi connectivity index (χ4v) is 1.68. The molecule has 0 aromatic carbocycles. The molecule has 0 aliphatic heterocycles. The van der Waals surface area contributed by atoms with Crippen molar-refractivity contribution in [1.29, 1.82) is 0 Å². The SMILES string of the molecule is O=C(O)Cc1c(CBr)cc(C(F)F)nc1F. The number of carbonyl (C=O) groups is 1. The van der Waals surface area contributed by atoms with Crippen LogP contribution >= 0.6 is 15.9 Å². The second-order valence-electron chi connectivity index (χ2n) is 2.98. The molecule has 7 heteroatoms. The summed E-state index contributed by atoms with van der Waals surface area (Å²) in [5, 5.41) is 8.62. The highest BCUT2D eigenvalue weighted by molar-refractivity contribution is 9.08. The number of hydrogen-bond donors (Lipinski definition) is 1. The largest absolute Gasteiger partial charge is 0.481 e. The fourth-order valence-electron chi connectivity index (χ4n) is 1.18. The Kier molecular flexibility index (Phi) is 4.28. The molecule has 3 nitrogen and oxygen atoms in total. The lowest BCUT2D eigenvalue weighted by molar-refractivity contribution is -0.136. The molecular weight excluding hydrogens is 291 g/mol.